The van der Waals surface area contributed by atoms with Crippen molar-refractivity contribution in [3.8, 4) is 5.75 Å². The molecule has 0 unspecified atom stereocenters. The highest BCUT2D eigenvalue weighted by Gasteiger charge is 2.25. The fraction of sp³-hybridized carbons (Fsp3) is 0.476. The first-order chi connectivity index (χ1) is 14.2. The van der Waals surface area contributed by atoms with Gasteiger partial charge in [0.05, 0.1) is 12.7 Å². The van der Waals surface area contributed by atoms with Gasteiger partial charge < -0.3 is 19.4 Å². The van der Waals surface area contributed by atoms with Crippen molar-refractivity contribution in [1.82, 2.24) is 14.9 Å². The molecule has 0 bridgehead atoms. The third-order valence-corrected chi connectivity index (χ3v) is 6.25. The molecule has 2 saturated heterocycles. The summed E-state index contributed by atoms with van der Waals surface area (Å²) in [4.78, 5) is 28.7. The van der Waals surface area contributed by atoms with Gasteiger partial charge in [0.2, 0.25) is 5.95 Å². The van der Waals surface area contributed by atoms with Gasteiger partial charge in [0.25, 0.3) is 5.91 Å². The number of piperidine rings is 1. The molecule has 0 N–H and O–H groups in total. The normalized spacial score (nSPS) is 17.4. The molecule has 154 valence electrons. The number of hydrogen-bond acceptors (Lipinski definition) is 6. The molecular weight excluding hydrogens is 434 g/mol. The van der Waals surface area contributed by atoms with Crippen molar-refractivity contribution < 1.29 is 9.53 Å². The summed E-state index contributed by atoms with van der Waals surface area (Å²) in [7, 11) is 1.61. The third kappa shape index (κ3) is 4.47. The van der Waals surface area contributed by atoms with Crippen LogP contribution in [0.3, 0.4) is 0 Å². The number of benzene rings is 1. The molecule has 7 nitrogen and oxygen atoms in total. The molecule has 2 fully saturated rings. The summed E-state index contributed by atoms with van der Waals surface area (Å²) in [5, 5.41) is 0. The maximum Gasteiger partial charge on any atom is 0.255 e. The molecule has 1 aromatic carbocycles. The number of rotatable bonds is 4. The largest absolute Gasteiger partial charge is 0.497 e. The maximum atomic E-state index is 13.0. The van der Waals surface area contributed by atoms with Crippen LogP contribution in [0.1, 0.15) is 29.6 Å². The Kier molecular flexibility index (Phi) is 6.18. The molecule has 0 saturated carbocycles. The highest BCUT2D eigenvalue weighted by Crippen LogP contribution is 2.25. The fourth-order valence-corrected chi connectivity index (χ4v) is 4.28. The van der Waals surface area contributed by atoms with Crippen LogP contribution in [0.15, 0.2) is 34.9 Å². The van der Waals surface area contributed by atoms with Crippen molar-refractivity contribution in [2.75, 3.05) is 56.2 Å². The van der Waals surface area contributed by atoms with E-state index >= 15 is 0 Å². The number of nitrogens with zero attached hydrogens (tertiary/aromatic N) is 5. The Morgan fingerprint density at radius 2 is 1.76 bits per heavy atom. The predicted molar refractivity (Wildman–Crippen MR) is 117 cm³/mol. The highest BCUT2D eigenvalue weighted by molar-refractivity contribution is 9.10. The van der Waals surface area contributed by atoms with Crippen LogP contribution in [0.5, 0.6) is 5.75 Å². The van der Waals surface area contributed by atoms with E-state index in [-0.39, 0.29) is 5.91 Å². The van der Waals surface area contributed by atoms with Crippen LogP contribution in [-0.4, -0.2) is 67.2 Å². The highest BCUT2D eigenvalue weighted by atomic mass is 79.9. The van der Waals surface area contributed by atoms with Crippen LogP contribution in [0.4, 0.5) is 11.8 Å². The lowest BCUT2D eigenvalue weighted by Crippen LogP contribution is -2.49. The molecular formula is C21H26BrN5O2. The first-order valence-corrected chi connectivity index (χ1v) is 10.9. The number of carbonyl (C=O) groups excluding carboxylic acids is 1. The molecule has 1 aromatic heterocycles. The van der Waals surface area contributed by atoms with Crippen LogP contribution >= 0.6 is 15.9 Å². The number of aromatic nitrogens is 2. The number of halogens is 1. The quantitative estimate of drug-likeness (QED) is 0.699. The number of hydrogen-bond donors (Lipinski definition) is 0. The minimum atomic E-state index is 0.0205. The average Bonchev–Trinajstić information content (AvgIpc) is 2.80. The van der Waals surface area contributed by atoms with Crippen molar-refractivity contribution >= 4 is 33.6 Å². The number of methoxy groups -OCH3 is 1. The van der Waals surface area contributed by atoms with E-state index < -0.39 is 0 Å². The predicted octanol–water partition coefficient (Wildman–Crippen LogP) is 3.20. The third-order valence-electron chi connectivity index (χ3n) is 5.56. The first kappa shape index (κ1) is 19.9. The molecule has 0 aliphatic carbocycles. The minimum Gasteiger partial charge on any atom is -0.497 e. The first-order valence-electron chi connectivity index (χ1n) is 10.1. The second-order valence-electron chi connectivity index (χ2n) is 7.39. The Hall–Kier alpha value is -2.35. The lowest BCUT2D eigenvalue weighted by Gasteiger charge is -2.36. The smallest absolute Gasteiger partial charge is 0.255 e. The van der Waals surface area contributed by atoms with E-state index in [1.165, 1.54) is 19.3 Å². The number of amides is 1. The molecule has 2 aromatic rings. The molecule has 8 heteroatoms. The second kappa shape index (κ2) is 8.98. The summed E-state index contributed by atoms with van der Waals surface area (Å²) in [6, 6.07) is 7.44. The van der Waals surface area contributed by atoms with Crippen LogP contribution in [0.25, 0.3) is 0 Å². The molecule has 2 aliphatic rings. The van der Waals surface area contributed by atoms with Crippen LogP contribution in [0, 0.1) is 0 Å². The molecule has 4 rings (SSSR count). The van der Waals surface area contributed by atoms with Crippen molar-refractivity contribution in [3.63, 3.8) is 0 Å². The number of carbonyl (C=O) groups is 1. The zero-order chi connectivity index (χ0) is 20.2. The standard InChI is InChI=1S/C21H26BrN5O2/c1-29-16-5-6-18(22)17(15-16)20(28)26-13-11-25(12-14-26)19-7-8-23-21(24-19)27-9-3-2-4-10-27/h5-8,15H,2-4,9-14H2,1H3. The van der Waals surface area contributed by atoms with E-state index in [2.05, 4.69) is 30.7 Å². The number of ether oxygens (including phenoxy) is 1. The molecule has 0 spiro atoms. The van der Waals surface area contributed by atoms with Crippen LogP contribution in [0.2, 0.25) is 0 Å². The van der Waals surface area contributed by atoms with Gasteiger partial charge in [-0.1, -0.05) is 0 Å². The van der Waals surface area contributed by atoms with Gasteiger partial charge in [-0.3, -0.25) is 4.79 Å². The summed E-state index contributed by atoms with van der Waals surface area (Å²) < 4.78 is 6.05. The Labute approximate surface area is 179 Å². The second-order valence-corrected chi connectivity index (χ2v) is 8.24. The van der Waals surface area contributed by atoms with E-state index in [4.69, 9.17) is 9.72 Å². The van der Waals surface area contributed by atoms with Crippen LogP contribution in [-0.2, 0) is 0 Å². The van der Waals surface area contributed by atoms with Crippen molar-refractivity contribution in [2.45, 2.75) is 19.3 Å². The SMILES string of the molecule is COc1ccc(Br)c(C(=O)N2CCN(c3ccnc(N4CCCCC4)n3)CC2)c1. The number of piperazine rings is 1. The monoisotopic (exact) mass is 459 g/mol. The van der Waals surface area contributed by atoms with Crippen LogP contribution < -0.4 is 14.5 Å². The number of anilines is 2. The molecule has 3 heterocycles. The van der Waals surface area contributed by atoms with Crippen molar-refractivity contribution in [1.29, 1.82) is 0 Å². The topological polar surface area (TPSA) is 61.8 Å². The molecule has 0 atom stereocenters. The molecule has 29 heavy (non-hydrogen) atoms. The van der Waals surface area contributed by atoms with E-state index in [1.807, 2.05) is 29.3 Å². The molecule has 2 aliphatic heterocycles. The lowest BCUT2D eigenvalue weighted by atomic mass is 10.1. The lowest BCUT2D eigenvalue weighted by molar-refractivity contribution is 0.0745. The van der Waals surface area contributed by atoms with Crippen molar-refractivity contribution in [3.05, 3.63) is 40.5 Å². The Morgan fingerprint density at radius 3 is 2.48 bits per heavy atom. The van der Waals surface area contributed by atoms with E-state index in [0.29, 0.717) is 24.4 Å². The van der Waals surface area contributed by atoms with Gasteiger partial charge in [-0.15, -0.1) is 0 Å². The zero-order valence-corrected chi connectivity index (χ0v) is 18.3. The summed E-state index contributed by atoms with van der Waals surface area (Å²) in [6.07, 6.45) is 5.54. The summed E-state index contributed by atoms with van der Waals surface area (Å²) in [6.45, 7) is 4.88. The Bertz CT molecular complexity index is 864. The van der Waals surface area contributed by atoms with Gasteiger partial charge >= 0.3 is 0 Å². The van der Waals surface area contributed by atoms with Gasteiger partial charge in [-0.25, -0.2) is 4.98 Å². The van der Waals surface area contributed by atoms with Gasteiger partial charge in [0.1, 0.15) is 11.6 Å². The summed E-state index contributed by atoms with van der Waals surface area (Å²) >= 11 is 3.49. The van der Waals surface area contributed by atoms with E-state index in [9.17, 15) is 4.79 Å². The molecule has 0 radical (unpaired) electrons. The van der Waals surface area contributed by atoms with E-state index in [0.717, 1.165) is 42.4 Å². The fourth-order valence-electron chi connectivity index (χ4n) is 3.87. The van der Waals surface area contributed by atoms with Gasteiger partial charge in [0.15, 0.2) is 0 Å². The van der Waals surface area contributed by atoms with E-state index in [1.54, 1.807) is 13.2 Å². The van der Waals surface area contributed by atoms with Crippen molar-refractivity contribution in [2.24, 2.45) is 0 Å². The molecule has 1 amide bonds. The zero-order valence-electron chi connectivity index (χ0n) is 16.7. The Morgan fingerprint density at radius 1 is 1.00 bits per heavy atom. The minimum absolute atomic E-state index is 0.0205. The summed E-state index contributed by atoms with van der Waals surface area (Å²) in [5.74, 6) is 2.46. The van der Waals surface area contributed by atoms with Gasteiger partial charge in [-0.2, -0.15) is 4.98 Å². The maximum absolute atomic E-state index is 13.0. The summed E-state index contributed by atoms with van der Waals surface area (Å²) in [5.41, 5.74) is 0.632. The average molecular weight is 460 g/mol. The Balaban J connectivity index is 1.41. The van der Waals surface area contributed by atoms with Gasteiger partial charge in [0, 0.05) is 49.9 Å². The van der Waals surface area contributed by atoms with Gasteiger partial charge in [-0.05, 0) is 59.5 Å².